The molecule has 0 fully saturated rings. The summed E-state index contributed by atoms with van der Waals surface area (Å²) in [6, 6.07) is 15.0. The average Bonchev–Trinajstić information content (AvgIpc) is 2.28. The maximum atomic E-state index is 5.16. The molecule has 0 aliphatic rings. The molecule has 1 heteroatoms. The van der Waals surface area contributed by atoms with Crippen molar-refractivity contribution in [2.75, 3.05) is 7.11 Å². The van der Waals surface area contributed by atoms with Crippen LogP contribution in [0.3, 0.4) is 0 Å². The van der Waals surface area contributed by atoms with Crippen LogP contribution in [0.1, 0.15) is 22.3 Å². The predicted octanol–water partition coefficient (Wildman–Crippen LogP) is 3.90. The minimum Gasteiger partial charge on any atom is -0.497 e. The molecular weight excluding hydrogens is 208 g/mol. The highest BCUT2D eigenvalue weighted by Gasteiger charge is 1.99. The van der Waals surface area contributed by atoms with Gasteiger partial charge in [-0.3, -0.25) is 0 Å². The number of ether oxygens (including phenoxy) is 1. The summed E-state index contributed by atoms with van der Waals surface area (Å²) in [6.07, 6.45) is 0.979. The summed E-state index contributed by atoms with van der Waals surface area (Å²) < 4.78 is 5.16. The van der Waals surface area contributed by atoms with Gasteiger partial charge in [0.25, 0.3) is 0 Å². The summed E-state index contributed by atoms with van der Waals surface area (Å²) in [6.45, 7) is 4.29. The molecule has 2 rings (SSSR count). The van der Waals surface area contributed by atoms with Gasteiger partial charge in [-0.05, 0) is 43.5 Å². The summed E-state index contributed by atoms with van der Waals surface area (Å²) in [5.74, 6) is 0.911. The highest BCUT2D eigenvalue weighted by atomic mass is 16.5. The fourth-order valence-electron chi connectivity index (χ4n) is 2.15. The van der Waals surface area contributed by atoms with Crippen LogP contribution in [0.15, 0.2) is 42.5 Å². The molecule has 0 atom stereocenters. The van der Waals surface area contributed by atoms with E-state index in [4.69, 9.17) is 4.74 Å². The van der Waals surface area contributed by atoms with E-state index in [0.29, 0.717) is 0 Å². The van der Waals surface area contributed by atoms with E-state index in [1.165, 1.54) is 22.3 Å². The van der Waals surface area contributed by atoms with E-state index >= 15 is 0 Å². The third-order valence-electron chi connectivity index (χ3n) is 2.85. The van der Waals surface area contributed by atoms with Gasteiger partial charge in [0.15, 0.2) is 0 Å². The molecule has 0 aliphatic heterocycles. The van der Waals surface area contributed by atoms with Crippen LogP contribution in [0, 0.1) is 13.8 Å². The van der Waals surface area contributed by atoms with Crippen molar-refractivity contribution in [1.29, 1.82) is 0 Å². The van der Waals surface area contributed by atoms with Crippen molar-refractivity contribution >= 4 is 0 Å². The standard InChI is InChI=1S/C16H18O/c1-12-8-13(2)10-15(9-12)11-14-4-6-16(17-3)7-5-14/h4-10H,11H2,1-3H3. The molecule has 1 nitrogen and oxygen atoms in total. The summed E-state index contributed by atoms with van der Waals surface area (Å²) in [5, 5.41) is 0. The van der Waals surface area contributed by atoms with Gasteiger partial charge in [0.1, 0.15) is 5.75 Å². The number of methoxy groups -OCH3 is 1. The predicted molar refractivity (Wildman–Crippen MR) is 71.7 cm³/mol. The van der Waals surface area contributed by atoms with Gasteiger partial charge in [-0.15, -0.1) is 0 Å². The van der Waals surface area contributed by atoms with Gasteiger partial charge in [0.2, 0.25) is 0 Å². The van der Waals surface area contributed by atoms with Crippen LogP contribution in [0.2, 0.25) is 0 Å². The lowest BCUT2D eigenvalue weighted by molar-refractivity contribution is 0.414. The Morgan fingerprint density at radius 2 is 1.41 bits per heavy atom. The van der Waals surface area contributed by atoms with Crippen LogP contribution >= 0.6 is 0 Å². The lowest BCUT2D eigenvalue weighted by atomic mass is 10.0. The van der Waals surface area contributed by atoms with Crippen LogP contribution in [-0.4, -0.2) is 7.11 Å². The Hall–Kier alpha value is -1.76. The molecule has 0 heterocycles. The van der Waals surface area contributed by atoms with Gasteiger partial charge in [0.05, 0.1) is 7.11 Å². The fourth-order valence-corrected chi connectivity index (χ4v) is 2.15. The van der Waals surface area contributed by atoms with Gasteiger partial charge in [-0.25, -0.2) is 0 Å². The van der Waals surface area contributed by atoms with Crippen molar-refractivity contribution in [2.24, 2.45) is 0 Å². The lowest BCUT2D eigenvalue weighted by Crippen LogP contribution is -1.91. The molecule has 0 unspecified atom stereocenters. The first kappa shape index (κ1) is 11.7. The number of aryl methyl sites for hydroxylation is 2. The van der Waals surface area contributed by atoms with Gasteiger partial charge < -0.3 is 4.74 Å². The van der Waals surface area contributed by atoms with Gasteiger partial charge >= 0.3 is 0 Å². The Kier molecular flexibility index (Phi) is 3.48. The molecule has 0 bridgehead atoms. The Balaban J connectivity index is 2.19. The maximum Gasteiger partial charge on any atom is 0.118 e. The Labute approximate surface area is 103 Å². The molecule has 0 spiro atoms. The number of hydrogen-bond acceptors (Lipinski definition) is 1. The lowest BCUT2D eigenvalue weighted by Gasteiger charge is -2.06. The van der Waals surface area contributed by atoms with Crippen molar-refractivity contribution in [3.05, 3.63) is 64.7 Å². The summed E-state index contributed by atoms with van der Waals surface area (Å²) in [7, 11) is 1.69. The maximum absolute atomic E-state index is 5.16. The van der Waals surface area contributed by atoms with Crippen molar-refractivity contribution in [3.63, 3.8) is 0 Å². The van der Waals surface area contributed by atoms with Crippen LogP contribution in [0.4, 0.5) is 0 Å². The second-order valence-electron chi connectivity index (χ2n) is 4.52. The molecule has 0 amide bonds. The molecule has 88 valence electrons. The fraction of sp³-hybridized carbons (Fsp3) is 0.250. The van der Waals surface area contributed by atoms with Crippen LogP contribution < -0.4 is 4.74 Å². The topological polar surface area (TPSA) is 9.23 Å². The SMILES string of the molecule is COc1ccc(Cc2cc(C)cc(C)c2)cc1. The van der Waals surface area contributed by atoms with Crippen LogP contribution in [0.25, 0.3) is 0 Å². The molecule has 0 saturated carbocycles. The third-order valence-corrected chi connectivity index (χ3v) is 2.85. The molecule has 0 radical (unpaired) electrons. The molecule has 2 aromatic rings. The highest BCUT2D eigenvalue weighted by molar-refractivity contribution is 5.34. The summed E-state index contributed by atoms with van der Waals surface area (Å²) in [5.41, 5.74) is 5.34. The van der Waals surface area contributed by atoms with Gasteiger partial charge in [-0.2, -0.15) is 0 Å². The Morgan fingerprint density at radius 3 is 1.94 bits per heavy atom. The third kappa shape index (κ3) is 3.10. The Morgan fingerprint density at radius 1 is 0.824 bits per heavy atom. The normalized spacial score (nSPS) is 10.3. The van der Waals surface area contributed by atoms with Crippen molar-refractivity contribution < 1.29 is 4.74 Å². The molecular formula is C16H18O. The minimum atomic E-state index is 0.911. The molecule has 0 aromatic heterocycles. The minimum absolute atomic E-state index is 0.911. The van der Waals surface area contributed by atoms with E-state index in [2.05, 4.69) is 44.2 Å². The average molecular weight is 226 g/mol. The number of hydrogen-bond donors (Lipinski definition) is 0. The van der Waals surface area contributed by atoms with E-state index < -0.39 is 0 Å². The van der Waals surface area contributed by atoms with E-state index in [9.17, 15) is 0 Å². The highest BCUT2D eigenvalue weighted by Crippen LogP contribution is 2.16. The summed E-state index contributed by atoms with van der Waals surface area (Å²) in [4.78, 5) is 0. The molecule has 0 N–H and O–H groups in total. The van der Waals surface area contributed by atoms with Crippen molar-refractivity contribution in [2.45, 2.75) is 20.3 Å². The van der Waals surface area contributed by atoms with Gasteiger partial charge in [-0.1, -0.05) is 41.5 Å². The first-order valence-electron chi connectivity index (χ1n) is 5.87. The molecule has 17 heavy (non-hydrogen) atoms. The monoisotopic (exact) mass is 226 g/mol. The smallest absolute Gasteiger partial charge is 0.118 e. The van der Waals surface area contributed by atoms with E-state index in [1.54, 1.807) is 7.11 Å². The molecule has 0 aliphatic carbocycles. The van der Waals surface area contributed by atoms with E-state index in [0.717, 1.165) is 12.2 Å². The second kappa shape index (κ2) is 5.05. The van der Waals surface area contributed by atoms with E-state index in [-0.39, 0.29) is 0 Å². The number of rotatable bonds is 3. The largest absolute Gasteiger partial charge is 0.497 e. The van der Waals surface area contributed by atoms with Crippen molar-refractivity contribution in [1.82, 2.24) is 0 Å². The van der Waals surface area contributed by atoms with Crippen LogP contribution in [-0.2, 0) is 6.42 Å². The quantitative estimate of drug-likeness (QED) is 0.771. The zero-order chi connectivity index (χ0) is 12.3. The first-order chi connectivity index (χ1) is 8.17. The Bertz CT molecular complexity index is 477. The van der Waals surface area contributed by atoms with Crippen LogP contribution in [0.5, 0.6) is 5.75 Å². The zero-order valence-electron chi connectivity index (χ0n) is 10.7. The summed E-state index contributed by atoms with van der Waals surface area (Å²) >= 11 is 0. The van der Waals surface area contributed by atoms with Crippen molar-refractivity contribution in [3.8, 4) is 5.75 Å². The number of benzene rings is 2. The van der Waals surface area contributed by atoms with Gasteiger partial charge in [0, 0.05) is 0 Å². The van der Waals surface area contributed by atoms with E-state index in [1.807, 2.05) is 12.1 Å². The molecule has 2 aromatic carbocycles. The zero-order valence-corrected chi connectivity index (χ0v) is 10.7. The molecule has 0 saturated heterocycles. The second-order valence-corrected chi connectivity index (χ2v) is 4.52. The first-order valence-corrected chi connectivity index (χ1v) is 5.87.